The van der Waals surface area contributed by atoms with E-state index >= 15 is 0 Å². The van der Waals surface area contributed by atoms with Crippen LogP contribution >= 0.6 is 22.9 Å². The highest BCUT2D eigenvalue weighted by molar-refractivity contribution is 7.07. The summed E-state index contributed by atoms with van der Waals surface area (Å²) in [6.07, 6.45) is 0. The van der Waals surface area contributed by atoms with Crippen LogP contribution in [-0.4, -0.2) is 17.5 Å². The Hall–Kier alpha value is -2.37. The van der Waals surface area contributed by atoms with Crippen molar-refractivity contribution in [3.63, 3.8) is 0 Å². The van der Waals surface area contributed by atoms with Crippen molar-refractivity contribution in [2.24, 2.45) is 0 Å². The molecule has 0 saturated carbocycles. The summed E-state index contributed by atoms with van der Waals surface area (Å²) in [5, 5.41) is 2.64. The third-order valence-electron chi connectivity index (χ3n) is 3.86. The third kappa shape index (κ3) is 2.88. The van der Waals surface area contributed by atoms with Crippen molar-refractivity contribution in [1.82, 2.24) is 4.98 Å². The Bertz CT molecular complexity index is 896. The highest BCUT2D eigenvalue weighted by Crippen LogP contribution is 2.36. The van der Waals surface area contributed by atoms with Gasteiger partial charge >= 0.3 is 0 Å². The van der Waals surface area contributed by atoms with Gasteiger partial charge in [0.05, 0.1) is 23.4 Å². The van der Waals surface area contributed by atoms with E-state index in [9.17, 15) is 4.79 Å². The van der Waals surface area contributed by atoms with E-state index < -0.39 is 0 Å². The van der Waals surface area contributed by atoms with Crippen molar-refractivity contribution in [2.45, 2.75) is 6.54 Å². The highest BCUT2D eigenvalue weighted by atomic mass is 35.5. The maximum atomic E-state index is 12.4. The van der Waals surface area contributed by atoms with E-state index in [4.69, 9.17) is 16.3 Å². The fraction of sp³-hybridized carbons (Fsp3) is 0.111. The Morgan fingerprint density at radius 1 is 1.25 bits per heavy atom. The van der Waals surface area contributed by atoms with Crippen LogP contribution in [0.5, 0.6) is 5.75 Å². The molecule has 0 spiro atoms. The maximum absolute atomic E-state index is 12.4. The fourth-order valence-corrected chi connectivity index (χ4v) is 3.48. The summed E-state index contributed by atoms with van der Waals surface area (Å²) in [6.45, 7) is 0.500. The monoisotopic (exact) mass is 356 g/mol. The summed E-state index contributed by atoms with van der Waals surface area (Å²) in [4.78, 5) is 18.5. The van der Waals surface area contributed by atoms with Crippen molar-refractivity contribution in [1.29, 1.82) is 0 Å². The van der Waals surface area contributed by atoms with Gasteiger partial charge in [-0.2, -0.15) is 0 Å². The largest absolute Gasteiger partial charge is 0.482 e. The molecule has 120 valence electrons. The van der Waals surface area contributed by atoms with E-state index in [-0.39, 0.29) is 12.5 Å². The second-order valence-corrected chi connectivity index (χ2v) is 6.61. The van der Waals surface area contributed by atoms with Gasteiger partial charge in [0.15, 0.2) is 6.61 Å². The lowest BCUT2D eigenvalue weighted by molar-refractivity contribution is -0.121. The normalized spacial score (nSPS) is 13.5. The molecule has 0 atom stereocenters. The van der Waals surface area contributed by atoms with Crippen molar-refractivity contribution in [3.05, 3.63) is 63.9 Å². The molecule has 4 nitrogen and oxygen atoms in total. The van der Waals surface area contributed by atoms with Crippen molar-refractivity contribution < 1.29 is 9.53 Å². The minimum Gasteiger partial charge on any atom is -0.482 e. The zero-order chi connectivity index (χ0) is 16.5. The van der Waals surface area contributed by atoms with Crippen LogP contribution in [0.3, 0.4) is 0 Å². The molecule has 2 heterocycles. The van der Waals surface area contributed by atoms with Gasteiger partial charge in [-0.15, -0.1) is 11.3 Å². The van der Waals surface area contributed by atoms with Gasteiger partial charge in [0.1, 0.15) is 5.75 Å². The number of carbonyl (C=O) groups excluding carboxylic acids is 1. The molecule has 0 bridgehead atoms. The van der Waals surface area contributed by atoms with Crippen molar-refractivity contribution >= 4 is 34.5 Å². The molecule has 0 unspecified atom stereocenters. The van der Waals surface area contributed by atoms with Gasteiger partial charge in [0.25, 0.3) is 5.91 Å². The second kappa shape index (κ2) is 6.26. The molecule has 3 aromatic rings. The van der Waals surface area contributed by atoms with E-state index in [1.165, 1.54) is 11.3 Å². The van der Waals surface area contributed by atoms with Crippen molar-refractivity contribution in [3.8, 4) is 17.0 Å². The second-order valence-electron chi connectivity index (χ2n) is 5.45. The number of halogens is 1. The van der Waals surface area contributed by atoms with Crippen LogP contribution in [0.2, 0.25) is 5.02 Å². The number of fused-ring (bicyclic) bond motifs is 1. The van der Waals surface area contributed by atoms with Crippen LogP contribution < -0.4 is 9.64 Å². The number of nitrogens with zero attached hydrogens (tertiary/aromatic N) is 2. The van der Waals surface area contributed by atoms with Crippen LogP contribution in [0.25, 0.3) is 11.3 Å². The zero-order valence-corrected chi connectivity index (χ0v) is 14.2. The summed E-state index contributed by atoms with van der Waals surface area (Å²) >= 11 is 7.60. The summed E-state index contributed by atoms with van der Waals surface area (Å²) in [7, 11) is 0. The molecule has 4 rings (SSSR count). The molecule has 6 heteroatoms. The average Bonchev–Trinajstić information content (AvgIpc) is 3.12. The molecule has 2 aromatic carbocycles. The predicted molar refractivity (Wildman–Crippen MR) is 95.7 cm³/mol. The molecule has 0 N–H and O–H groups in total. The first-order chi connectivity index (χ1) is 11.7. The van der Waals surface area contributed by atoms with Crippen LogP contribution in [-0.2, 0) is 11.3 Å². The Kier molecular flexibility index (Phi) is 3.96. The highest BCUT2D eigenvalue weighted by Gasteiger charge is 2.26. The Balaban J connectivity index is 1.73. The maximum Gasteiger partial charge on any atom is 0.265 e. The molecule has 0 radical (unpaired) electrons. The number of benzene rings is 2. The number of carbonyl (C=O) groups is 1. The topological polar surface area (TPSA) is 42.4 Å². The standard InChI is InChI=1S/C18H13ClN2O2S/c19-14-3-1-2-12(6-14)8-21-16-7-13(15-10-24-11-20-15)4-5-17(16)23-9-18(21)22/h1-7,10-11H,8-9H2. The molecule has 1 aliphatic rings. The molecule has 1 aliphatic heterocycles. The van der Waals surface area contributed by atoms with E-state index in [0.717, 1.165) is 22.5 Å². The summed E-state index contributed by atoms with van der Waals surface area (Å²) in [6, 6.07) is 13.3. The lowest BCUT2D eigenvalue weighted by Gasteiger charge is -2.30. The van der Waals surface area contributed by atoms with Gasteiger partial charge in [0, 0.05) is 16.0 Å². The van der Waals surface area contributed by atoms with Crippen LogP contribution in [0.15, 0.2) is 53.4 Å². The number of hydrogen-bond acceptors (Lipinski definition) is 4. The molecule has 1 aromatic heterocycles. The lowest BCUT2D eigenvalue weighted by atomic mass is 10.1. The minimum absolute atomic E-state index is 0.0453. The SMILES string of the molecule is O=C1COc2ccc(-c3cscn3)cc2N1Cc1cccc(Cl)c1. The predicted octanol–water partition coefficient (Wildman–Crippen LogP) is 4.39. The van der Waals surface area contributed by atoms with Gasteiger partial charge in [-0.1, -0.05) is 23.7 Å². The molecular formula is C18H13ClN2O2S. The summed E-state index contributed by atoms with van der Waals surface area (Å²) < 4.78 is 5.56. The molecule has 24 heavy (non-hydrogen) atoms. The van der Waals surface area contributed by atoms with Gasteiger partial charge < -0.3 is 9.64 Å². The average molecular weight is 357 g/mol. The first-order valence-electron chi connectivity index (χ1n) is 7.41. The first-order valence-corrected chi connectivity index (χ1v) is 8.73. The Labute approximate surface area is 148 Å². The number of ether oxygens (including phenoxy) is 1. The molecule has 0 fully saturated rings. The number of hydrogen-bond donors (Lipinski definition) is 0. The number of thiazole rings is 1. The minimum atomic E-state index is -0.0714. The van der Waals surface area contributed by atoms with Crippen molar-refractivity contribution in [2.75, 3.05) is 11.5 Å². The van der Waals surface area contributed by atoms with Gasteiger partial charge in [-0.3, -0.25) is 4.79 Å². The van der Waals surface area contributed by atoms with Crippen LogP contribution in [0.1, 0.15) is 5.56 Å². The Morgan fingerprint density at radius 2 is 2.17 bits per heavy atom. The quantitative estimate of drug-likeness (QED) is 0.699. The summed E-state index contributed by atoms with van der Waals surface area (Å²) in [5.41, 5.74) is 5.38. The molecule has 0 aliphatic carbocycles. The number of aromatic nitrogens is 1. The van der Waals surface area contributed by atoms with E-state index in [2.05, 4.69) is 4.98 Å². The van der Waals surface area contributed by atoms with Gasteiger partial charge in [-0.05, 0) is 35.9 Å². The lowest BCUT2D eigenvalue weighted by Crippen LogP contribution is -2.38. The van der Waals surface area contributed by atoms with Gasteiger partial charge in [0.2, 0.25) is 0 Å². The fourth-order valence-electron chi connectivity index (χ4n) is 2.71. The molecule has 1 amide bonds. The van der Waals surface area contributed by atoms with E-state index in [1.54, 1.807) is 10.4 Å². The van der Waals surface area contributed by atoms with Crippen LogP contribution in [0, 0.1) is 0 Å². The third-order valence-corrected chi connectivity index (χ3v) is 4.68. The number of amides is 1. The smallest absolute Gasteiger partial charge is 0.265 e. The zero-order valence-electron chi connectivity index (χ0n) is 12.6. The molecule has 0 saturated heterocycles. The first kappa shape index (κ1) is 15.2. The van der Waals surface area contributed by atoms with Gasteiger partial charge in [-0.25, -0.2) is 4.98 Å². The number of rotatable bonds is 3. The van der Waals surface area contributed by atoms with E-state index in [0.29, 0.717) is 17.3 Å². The summed E-state index contributed by atoms with van der Waals surface area (Å²) in [5.74, 6) is 0.633. The van der Waals surface area contributed by atoms with Crippen LogP contribution in [0.4, 0.5) is 5.69 Å². The Morgan fingerprint density at radius 3 is 2.96 bits per heavy atom. The molecular weight excluding hydrogens is 344 g/mol. The number of anilines is 1. The van der Waals surface area contributed by atoms with E-state index in [1.807, 2.05) is 47.8 Å².